The average Bonchev–Trinajstić information content (AvgIpc) is 2.51. The van der Waals surface area contributed by atoms with Crippen LogP contribution >= 0.6 is 0 Å². The lowest BCUT2D eigenvalue weighted by Gasteiger charge is -2.32. The van der Waals surface area contributed by atoms with E-state index < -0.39 is 0 Å². The van der Waals surface area contributed by atoms with Crippen molar-refractivity contribution in [1.82, 2.24) is 4.90 Å². The van der Waals surface area contributed by atoms with E-state index in [-0.39, 0.29) is 5.97 Å². The smallest absolute Gasteiger partial charge is 0.337 e. The van der Waals surface area contributed by atoms with Gasteiger partial charge >= 0.3 is 5.97 Å². The lowest BCUT2D eigenvalue weighted by atomic mass is 10.0. The zero-order valence-corrected chi connectivity index (χ0v) is 12.9. The minimum Gasteiger partial charge on any atom is -0.465 e. The molecule has 0 aromatic heterocycles. The van der Waals surface area contributed by atoms with Gasteiger partial charge in [0, 0.05) is 19.1 Å². The number of anilines is 2. The summed E-state index contributed by atoms with van der Waals surface area (Å²) in [5.74, 6) is -0.337. The van der Waals surface area contributed by atoms with Crippen molar-refractivity contribution in [2.75, 3.05) is 37.8 Å². The largest absolute Gasteiger partial charge is 0.465 e. The first-order valence-electron chi connectivity index (χ1n) is 7.60. The van der Waals surface area contributed by atoms with Gasteiger partial charge in [-0.05, 0) is 44.0 Å². The highest BCUT2D eigenvalue weighted by atomic mass is 16.5. The second-order valence-electron chi connectivity index (χ2n) is 5.55. The SMILES string of the molecule is CCCN1CCC(Nc2cc(C(=O)OC)ccc2N)CC1. The van der Waals surface area contributed by atoms with Gasteiger partial charge in [0.25, 0.3) is 0 Å². The van der Waals surface area contributed by atoms with Crippen LogP contribution in [0.3, 0.4) is 0 Å². The molecular formula is C16H25N3O2. The van der Waals surface area contributed by atoms with Crippen LogP contribution in [0.1, 0.15) is 36.5 Å². The van der Waals surface area contributed by atoms with Crippen LogP contribution in [0.15, 0.2) is 18.2 Å². The van der Waals surface area contributed by atoms with E-state index >= 15 is 0 Å². The quantitative estimate of drug-likeness (QED) is 0.644. The molecule has 1 heterocycles. The number of rotatable bonds is 5. The van der Waals surface area contributed by atoms with Gasteiger partial charge in [0.2, 0.25) is 0 Å². The Kier molecular flexibility index (Phi) is 5.44. The summed E-state index contributed by atoms with van der Waals surface area (Å²) in [5.41, 5.74) is 8.01. The molecule has 116 valence electrons. The normalized spacial score (nSPS) is 16.7. The number of nitrogens with two attached hydrogens (primary N) is 1. The lowest BCUT2D eigenvalue weighted by molar-refractivity contribution is 0.0601. The minimum absolute atomic E-state index is 0.337. The second-order valence-corrected chi connectivity index (χ2v) is 5.55. The molecule has 5 nitrogen and oxygen atoms in total. The highest BCUT2D eigenvalue weighted by molar-refractivity contribution is 5.92. The van der Waals surface area contributed by atoms with Gasteiger partial charge in [-0.1, -0.05) is 6.92 Å². The number of benzene rings is 1. The number of methoxy groups -OCH3 is 1. The number of carbonyl (C=O) groups is 1. The number of hydrogen-bond acceptors (Lipinski definition) is 5. The zero-order valence-electron chi connectivity index (χ0n) is 12.9. The maximum atomic E-state index is 11.6. The third kappa shape index (κ3) is 4.11. The fourth-order valence-corrected chi connectivity index (χ4v) is 2.76. The summed E-state index contributed by atoms with van der Waals surface area (Å²) in [4.78, 5) is 14.1. The Hall–Kier alpha value is -1.75. The summed E-state index contributed by atoms with van der Waals surface area (Å²) in [7, 11) is 1.38. The maximum absolute atomic E-state index is 11.6. The Morgan fingerprint density at radius 3 is 2.76 bits per heavy atom. The van der Waals surface area contributed by atoms with E-state index in [0.29, 0.717) is 17.3 Å². The summed E-state index contributed by atoms with van der Waals surface area (Å²) in [5, 5.41) is 3.47. The van der Waals surface area contributed by atoms with E-state index in [0.717, 1.165) is 31.6 Å². The number of piperidine rings is 1. The van der Waals surface area contributed by atoms with Crippen LogP contribution in [0.5, 0.6) is 0 Å². The van der Waals surface area contributed by atoms with E-state index in [4.69, 9.17) is 10.5 Å². The van der Waals surface area contributed by atoms with Crippen molar-refractivity contribution in [2.45, 2.75) is 32.2 Å². The molecule has 1 fully saturated rings. The van der Waals surface area contributed by atoms with Crippen molar-refractivity contribution in [3.8, 4) is 0 Å². The Labute approximate surface area is 126 Å². The van der Waals surface area contributed by atoms with Crippen molar-refractivity contribution < 1.29 is 9.53 Å². The van der Waals surface area contributed by atoms with Gasteiger partial charge in [-0.25, -0.2) is 4.79 Å². The molecule has 1 aliphatic rings. The number of nitrogens with zero attached hydrogens (tertiary/aromatic N) is 1. The van der Waals surface area contributed by atoms with Gasteiger partial charge < -0.3 is 20.7 Å². The number of ether oxygens (including phenoxy) is 1. The first-order valence-corrected chi connectivity index (χ1v) is 7.60. The van der Waals surface area contributed by atoms with Crippen molar-refractivity contribution in [2.24, 2.45) is 0 Å². The zero-order chi connectivity index (χ0) is 15.2. The predicted molar refractivity (Wildman–Crippen MR) is 85.6 cm³/mol. The molecule has 0 amide bonds. The first kappa shape index (κ1) is 15.6. The summed E-state index contributed by atoms with van der Waals surface area (Å²) in [6, 6.07) is 5.63. The number of carbonyl (C=O) groups excluding carboxylic acids is 1. The van der Waals surface area contributed by atoms with Crippen LogP contribution in [0.2, 0.25) is 0 Å². The molecule has 0 atom stereocenters. The molecule has 3 N–H and O–H groups in total. The number of likely N-dealkylation sites (tertiary alicyclic amines) is 1. The lowest BCUT2D eigenvalue weighted by Crippen LogP contribution is -2.39. The van der Waals surface area contributed by atoms with Gasteiger partial charge in [0.1, 0.15) is 0 Å². The molecule has 1 aliphatic heterocycles. The molecule has 1 aromatic rings. The monoisotopic (exact) mass is 291 g/mol. The van der Waals surface area contributed by atoms with Gasteiger partial charge in [0.15, 0.2) is 0 Å². The molecule has 1 saturated heterocycles. The molecule has 0 spiro atoms. The molecule has 1 aromatic carbocycles. The van der Waals surface area contributed by atoms with Crippen LogP contribution in [0, 0.1) is 0 Å². The predicted octanol–water partition coefficient (Wildman–Crippen LogP) is 2.34. The van der Waals surface area contributed by atoms with Gasteiger partial charge in [-0.2, -0.15) is 0 Å². The Balaban J connectivity index is 1.98. The second kappa shape index (κ2) is 7.31. The van der Waals surface area contributed by atoms with Crippen LogP contribution in [0.4, 0.5) is 11.4 Å². The van der Waals surface area contributed by atoms with Crippen LogP contribution in [-0.2, 0) is 4.74 Å². The van der Waals surface area contributed by atoms with Crippen LogP contribution in [0.25, 0.3) is 0 Å². The van der Waals surface area contributed by atoms with Gasteiger partial charge in [-0.3, -0.25) is 0 Å². The molecule has 2 rings (SSSR count). The van der Waals surface area contributed by atoms with E-state index in [1.807, 2.05) is 0 Å². The highest BCUT2D eigenvalue weighted by Gasteiger charge is 2.19. The number of esters is 1. The van der Waals surface area contributed by atoms with E-state index in [9.17, 15) is 4.79 Å². The van der Waals surface area contributed by atoms with E-state index in [1.165, 1.54) is 20.1 Å². The summed E-state index contributed by atoms with van der Waals surface area (Å²) >= 11 is 0. The Bertz CT molecular complexity index is 482. The Morgan fingerprint density at radius 2 is 2.14 bits per heavy atom. The molecule has 21 heavy (non-hydrogen) atoms. The fourth-order valence-electron chi connectivity index (χ4n) is 2.76. The molecule has 0 aliphatic carbocycles. The summed E-state index contributed by atoms with van der Waals surface area (Å²) < 4.78 is 4.75. The molecular weight excluding hydrogens is 266 g/mol. The average molecular weight is 291 g/mol. The van der Waals surface area contributed by atoms with E-state index in [1.54, 1.807) is 18.2 Å². The van der Waals surface area contributed by atoms with Crippen molar-refractivity contribution >= 4 is 17.3 Å². The minimum atomic E-state index is -0.337. The third-order valence-electron chi connectivity index (χ3n) is 3.96. The Morgan fingerprint density at radius 1 is 1.43 bits per heavy atom. The van der Waals surface area contributed by atoms with Gasteiger partial charge in [0.05, 0.1) is 24.0 Å². The summed E-state index contributed by atoms with van der Waals surface area (Å²) in [6.07, 6.45) is 3.40. The standard InChI is InChI=1S/C16H25N3O2/c1-3-8-19-9-6-13(7-10-19)18-15-11-12(16(20)21-2)4-5-14(15)17/h4-5,11,13,18H,3,6-10,17H2,1-2H3. The van der Waals surface area contributed by atoms with E-state index in [2.05, 4.69) is 17.1 Å². The maximum Gasteiger partial charge on any atom is 0.337 e. The molecule has 0 bridgehead atoms. The number of nitrogen functional groups attached to an aromatic ring is 1. The summed E-state index contributed by atoms with van der Waals surface area (Å²) in [6.45, 7) is 5.61. The van der Waals surface area contributed by atoms with Crippen molar-refractivity contribution in [3.05, 3.63) is 23.8 Å². The topological polar surface area (TPSA) is 67.6 Å². The van der Waals surface area contributed by atoms with Gasteiger partial charge in [-0.15, -0.1) is 0 Å². The first-order chi connectivity index (χ1) is 10.1. The molecule has 0 saturated carbocycles. The third-order valence-corrected chi connectivity index (χ3v) is 3.96. The van der Waals surface area contributed by atoms with Crippen molar-refractivity contribution in [3.63, 3.8) is 0 Å². The highest BCUT2D eigenvalue weighted by Crippen LogP contribution is 2.24. The molecule has 5 heteroatoms. The molecule has 0 unspecified atom stereocenters. The number of hydrogen-bond donors (Lipinski definition) is 2. The molecule has 0 radical (unpaired) electrons. The van der Waals surface area contributed by atoms with Crippen LogP contribution in [-0.4, -0.2) is 43.7 Å². The fraction of sp³-hybridized carbons (Fsp3) is 0.562. The number of nitrogens with one attached hydrogen (secondary N) is 1. The van der Waals surface area contributed by atoms with Crippen LogP contribution < -0.4 is 11.1 Å². The van der Waals surface area contributed by atoms with Crippen molar-refractivity contribution in [1.29, 1.82) is 0 Å².